The first-order chi connectivity index (χ1) is 9.60. The average Bonchev–Trinajstić information content (AvgIpc) is 2.89. The summed E-state index contributed by atoms with van der Waals surface area (Å²) < 4.78 is 1.02. The molecule has 0 aliphatic carbocycles. The molecule has 0 unspecified atom stereocenters. The molecule has 0 fully saturated rings. The Hall–Kier alpha value is -1.47. The maximum Gasteiger partial charge on any atom is 0.284 e. The molecule has 1 N–H and O–H groups in total. The van der Waals surface area contributed by atoms with Gasteiger partial charge < -0.3 is 10.2 Å². The highest BCUT2D eigenvalue weighted by molar-refractivity contribution is 9.10. The first kappa shape index (κ1) is 14.9. The minimum absolute atomic E-state index is 0.116. The minimum Gasteiger partial charge on any atom is -0.360 e. The van der Waals surface area contributed by atoms with Crippen LogP contribution in [0.3, 0.4) is 0 Å². The molecule has 1 aromatic heterocycles. The number of rotatable bonds is 5. The second kappa shape index (κ2) is 6.81. The molecule has 5 nitrogen and oxygen atoms in total. The summed E-state index contributed by atoms with van der Waals surface area (Å²) >= 11 is 4.67. The van der Waals surface area contributed by atoms with E-state index in [1.165, 1.54) is 11.3 Å². The number of carbonyl (C=O) groups excluding carboxylic acids is 1. The molecule has 0 aliphatic heterocycles. The Morgan fingerprint density at radius 2 is 2.05 bits per heavy atom. The Labute approximate surface area is 130 Å². The van der Waals surface area contributed by atoms with Gasteiger partial charge in [-0.05, 0) is 24.6 Å². The van der Waals surface area contributed by atoms with Gasteiger partial charge in [0.25, 0.3) is 5.91 Å². The van der Waals surface area contributed by atoms with Crippen molar-refractivity contribution in [3.63, 3.8) is 0 Å². The normalized spacial score (nSPS) is 10.3. The van der Waals surface area contributed by atoms with Crippen LogP contribution in [0.5, 0.6) is 0 Å². The number of nitrogens with one attached hydrogen (secondary N) is 1. The number of anilines is 1. The quantitative estimate of drug-likeness (QED) is 0.896. The average molecular weight is 355 g/mol. The predicted molar refractivity (Wildman–Crippen MR) is 84.0 cm³/mol. The van der Waals surface area contributed by atoms with Crippen molar-refractivity contribution in [3.05, 3.63) is 39.3 Å². The van der Waals surface area contributed by atoms with E-state index in [9.17, 15) is 4.79 Å². The van der Waals surface area contributed by atoms with Crippen LogP contribution in [0, 0.1) is 0 Å². The molecule has 7 heteroatoms. The van der Waals surface area contributed by atoms with Gasteiger partial charge in [0.2, 0.25) is 10.1 Å². The van der Waals surface area contributed by atoms with Crippen molar-refractivity contribution in [2.75, 3.05) is 18.9 Å². The highest BCUT2D eigenvalue weighted by Gasteiger charge is 2.17. The van der Waals surface area contributed by atoms with Gasteiger partial charge >= 0.3 is 0 Å². The first-order valence-corrected chi connectivity index (χ1v) is 7.78. The van der Waals surface area contributed by atoms with Crippen LogP contribution in [0.25, 0.3) is 0 Å². The Morgan fingerprint density at radius 1 is 1.35 bits per heavy atom. The molecule has 1 amide bonds. The molecule has 20 heavy (non-hydrogen) atoms. The van der Waals surface area contributed by atoms with E-state index in [1.54, 1.807) is 11.9 Å². The third-order valence-corrected chi connectivity index (χ3v) is 4.01. The topological polar surface area (TPSA) is 58.1 Å². The van der Waals surface area contributed by atoms with Crippen molar-refractivity contribution in [3.8, 4) is 0 Å². The lowest BCUT2D eigenvalue weighted by Gasteiger charge is -2.15. The monoisotopic (exact) mass is 354 g/mol. The Balaban J connectivity index is 2.02. The predicted octanol–water partition coefficient (Wildman–Crippen LogP) is 3.00. The number of halogens is 1. The highest BCUT2D eigenvalue weighted by Crippen LogP contribution is 2.18. The molecule has 0 saturated heterocycles. The molecule has 0 aliphatic rings. The Morgan fingerprint density at radius 3 is 2.70 bits per heavy atom. The molecule has 2 aromatic rings. The van der Waals surface area contributed by atoms with Gasteiger partial charge in [-0.25, -0.2) is 0 Å². The summed E-state index contributed by atoms with van der Waals surface area (Å²) in [5.41, 5.74) is 1.07. The van der Waals surface area contributed by atoms with Crippen LogP contribution in [0.1, 0.15) is 22.3 Å². The fraction of sp³-hybridized carbons (Fsp3) is 0.308. The van der Waals surface area contributed by atoms with E-state index in [0.29, 0.717) is 16.7 Å². The van der Waals surface area contributed by atoms with Gasteiger partial charge in [-0.1, -0.05) is 39.4 Å². The number of hydrogen-bond acceptors (Lipinski definition) is 5. The van der Waals surface area contributed by atoms with E-state index in [1.807, 2.05) is 31.2 Å². The second-order valence-corrected chi connectivity index (χ2v) is 6.12. The van der Waals surface area contributed by atoms with Crippen molar-refractivity contribution < 1.29 is 4.79 Å². The van der Waals surface area contributed by atoms with Gasteiger partial charge in [0.15, 0.2) is 0 Å². The SMILES string of the molecule is CCNc1nnc(C(=O)N(C)Cc2ccc(Br)cc2)s1. The van der Waals surface area contributed by atoms with E-state index in [0.717, 1.165) is 16.6 Å². The van der Waals surface area contributed by atoms with E-state index in [-0.39, 0.29) is 5.91 Å². The number of benzene rings is 1. The van der Waals surface area contributed by atoms with E-state index >= 15 is 0 Å². The maximum atomic E-state index is 12.2. The summed E-state index contributed by atoms with van der Waals surface area (Å²) in [4.78, 5) is 13.9. The van der Waals surface area contributed by atoms with E-state index in [4.69, 9.17) is 0 Å². The van der Waals surface area contributed by atoms with Crippen molar-refractivity contribution >= 4 is 38.3 Å². The van der Waals surface area contributed by atoms with Gasteiger partial charge in [-0.15, -0.1) is 10.2 Å². The summed E-state index contributed by atoms with van der Waals surface area (Å²) in [6.45, 7) is 3.28. The molecule has 1 aromatic carbocycles. The van der Waals surface area contributed by atoms with Crippen LogP contribution in [0.15, 0.2) is 28.7 Å². The number of amides is 1. The Kier molecular flexibility index (Phi) is 5.08. The van der Waals surface area contributed by atoms with Crippen molar-refractivity contribution in [2.24, 2.45) is 0 Å². The molecule has 106 valence electrons. The second-order valence-electron chi connectivity index (χ2n) is 4.23. The van der Waals surface area contributed by atoms with Crippen molar-refractivity contribution in [1.29, 1.82) is 0 Å². The van der Waals surface area contributed by atoms with Gasteiger partial charge in [0.1, 0.15) is 0 Å². The standard InChI is InChI=1S/C13H15BrN4OS/c1-3-15-13-17-16-11(20-13)12(19)18(2)8-9-4-6-10(14)7-5-9/h4-7H,3,8H2,1-2H3,(H,15,17). The lowest BCUT2D eigenvalue weighted by Crippen LogP contribution is -2.26. The number of nitrogens with zero attached hydrogens (tertiary/aromatic N) is 3. The summed E-state index contributed by atoms with van der Waals surface area (Å²) in [5, 5.41) is 12.0. The molecular weight excluding hydrogens is 340 g/mol. The lowest BCUT2D eigenvalue weighted by molar-refractivity contribution is 0.0784. The lowest BCUT2D eigenvalue weighted by atomic mass is 10.2. The largest absolute Gasteiger partial charge is 0.360 e. The van der Waals surface area contributed by atoms with Crippen LogP contribution in [0.4, 0.5) is 5.13 Å². The molecule has 0 bridgehead atoms. The molecule has 0 atom stereocenters. The number of hydrogen-bond donors (Lipinski definition) is 1. The molecular formula is C13H15BrN4OS. The summed E-state index contributed by atoms with van der Waals surface area (Å²) in [7, 11) is 1.76. The highest BCUT2D eigenvalue weighted by atomic mass is 79.9. The van der Waals surface area contributed by atoms with Crippen LogP contribution in [-0.4, -0.2) is 34.6 Å². The van der Waals surface area contributed by atoms with Gasteiger partial charge in [-0.3, -0.25) is 4.79 Å². The minimum atomic E-state index is -0.116. The van der Waals surface area contributed by atoms with Gasteiger partial charge in [-0.2, -0.15) is 0 Å². The molecule has 2 rings (SSSR count). The molecule has 0 radical (unpaired) electrons. The smallest absolute Gasteiger partial charge is 0.284 e. The van der Waals surface area contributed by atoms with E-state index in [2.05, 4.69) is 31.4 Å². The van der Waals surface area contributed by atoms with Gasteiger partial charge in [0, 0.05) is 24.6 Å². The maximum absolute atomic E-state index is 12.2. The first-order valence-electron chi connectivity index (χ1n) is 6.17. The van der Waals surface area contributed by atoms with Crippen molar-refractivity contribution in [2.45, 2.75) is 13.5 Å². The fourth-order valence-electron chi connectivity index (χ4n) is 1.63. The van der Waals surface area contributed by atoms with Crippen LogP contribution in [-0.2, 0) is 6.54 Å². The van der Waals surface area contributed by atoms with E-state index < -0.39 is 0 Å². The van der Waals surface area contributed by atoms with Crippen molar-refractivity contribution in [1.82, 2.24) is 15.1 Å². The Bertz CT molecular complexity index is 584. The zero-order valence-electron chi connectivity index (χ0n) is 11.3. The number of aromatic nitrogens is 2. The third kappa shape index (κ3) is 3.77. The van der Waals surface area contributed by atoms with Crippen LogP contribution >= 0.6 is 27.3 Å². The number of carbonyl (C=O) groups is 1. The zero-order chi connectivity index (χ0) is 14.5. The fourth-order valence-corrected chi connectivity index (χ4v) is 2.70. The molecule has 0 saturated carbocycles. The summed E-state index contributed by atoms with van der Waals surface area (Å²) in [5.74, 6) is -0.116. The summed E-state index contributed by atoms with van der Waals surface area (Å²) in [6.07, 6.45) is 0. The molecule has 0 spiro atoms. The zero-order valence-corrected chi connectivity index (χ0v) is 13.7. The van der Waals surface area contributed by atoms with Crippen LogP contribution in [0.2, 0.25) is 0 Å². The summed E-state index contributed by atoms with van der Waals surface area (Å²) in [6, 6.07) is 7.89. The van der Waals surface area contributed by atoms with Gasteiger partial charge in [0.05, 0.1) is 0 Å². The van der Waals surface area contributed by atoms with Crippen LogP contribution < -0.4 is 5.32 Å². The molecule has 1 heterocycles. The third-order valence-electron chi connectivity index (χ3n) is 2.62.